The van der Waals surface area contributed by atoms with Gasteiger partial charge in [-0.25, -0.2) is 9.59 Å². The molecular formula is C22H25Cl2NO5. The first-order valence-electron chi connectivity index (χ1n) is 9.17. The number of rotatable bonds is 9. The van der Waals surface area contributed by atoms with Gasteiger partial charge in [0, 0.05) is 29.7 Å². The molecule has 1 unspecified atom stereocenters. The topological polar surface area (TPSA) is 95.9 Å². The highest BCUT2D eigenvalue weighted by Gasteiger charge is 2.14. The second-order valence-electron chi connectivity index (χ2n) is 6.41. The standard InChI is InChI=1S/C18H21Cl2NO.C4H4O4/c1-13-3-5-14(6-4-13)11-16(9-10-21-2)22-18-12-15(19)7-8-17(18)20;5-3(6)1-2-4(7)8/h3-8,12,16,21H,9-11H2,1-2H3;1-2H,(H,5,6)(H,7,8)/b;2-1+. The minimum Gasteiger partial charge on any atom is -0.488 e. The molecule has 2 aromatic carbocycles. The minimum absolute atomic E-state index is 0.0473. The predicted octanol–water partition coefficient (Wildman–Crippen LogP) is 4.61. The van der Waals surface area contributed by atoms with E-state index in [9.17, 15) is 9.59 Å². The monoisotopic (exact) mass is 453 g/mol. The van der Waals surface area contributed by atoms with Gasteiger partial charge in [0.05, 0.1) is 5.02 Å². The highest BCUT2D eigenvalue weighted by atomic mass is 35.5. The maximum atomic E-state index is 9.55. The summed E-state index contributed by atoms with van der Waals surface area (Å²) in [5.74, 6) is -1.87. The lowest BCUT2D eigenvalue weighted by Crippen LogP contribution is -2.25. The first kappa shape index (κ1) is 25.5. The van der Waals surface area contributed by atoms with Crippen LogP contribution in [0.3, 0.4) is 0 Å². The summed E-state index contributed by atoms with van der Waals surface area (Å²) < 4.78 is 6.11. The van der Waals surface area contributed by atoms with Gasteiger partial charge in [0.15, 0.2) is 0 Å². The summed E-state index contributed by atoms with van der Waals surface area (Å²) in [6.45, 7) is 2.97. The molecule has 2 rings (SSSR count). The summed E-state index contributed by atoms with van der Waals surface area (Å²) in [6, 6.07) is 13.8. The number of halogens is 2. The molecule has 6 nitrogen and oxygen atoms in total. The lowest BCUT2D eigenvalue weighted by atomic mass is 10.0. The zero-order valence-corrected chi connectivity index (χ0v) is 18.3. The largest absolute Gasteiger partial charge is 0.488 e. The molecule has 0 saturated carbocycles. The molecule has 0 aliphatic heterocycles. The van der Waals surface area contributed by atoms with Gasteiger partial charge in [-0.3, -0.25) is 0 Å². The van der Waals surface area contributed by atoms with Crippen LogP contribution in [-0.2, 0) is 16.0 Å². The second kappa shape index (κ2) is 13.6. The zero-order valence-electron chi connectivity index (χ0n) is 16.8. The highest BCUT2D eigenvalue weighted by molar-refractivity contribution is 6.34. The van der Waals surface area contributed by atoms with Crippen LogP contribution in [0.15, 0.2) is 54.6 Å². The Kier molecular flexibility index (Phi) is 11.6. The molecule has 0 fully saturated rings. The Morgan fingerprint density at radius 2 is 1.67 bits per heavy atom. The molecule has 0 aliphatic rings. The first-order valence-corrected chi connectivity index (χ1v) is 9.92. The average molecular weight is 454 g/mol. The lowest BCUT2D eigenvalue weighted by molar-refractivity contribution is -0.134. The molecule has 3 N–H and O–H groups in total. The third-order valence-electron chi connectivity index (χ3n) is 3.86. The summed E-state index contributed by atoms with van der Waals surface area (Å²) in [6.07, 6.45) is 2.90. The molecule has 0 amide bonds. The summed E-state index contributed by atoms with van der Waals surface area (Å²) >= 11 is 12.2. The van der Waals surface area contributed by atoms with Crippen LogP contribution in [0.25, 0.3) is 0 Å². The van der Waals surface area contributed by atoms with Crippen LogP contribution < -0.4 is 10.1 Å². The normalized spacial score (nSPS) is 11.5. The van der Waals surface area contributed by atoms with Crippen molar-refractivity contribution in [1.29, 1.82) is 0 Å². The number of carbonyl (C=O) groups is 2. The Labute approximate surface area is 186 Å². The molecule has 0 spiro atoms. The number of carboxylic acid groups (broad SMARTS) is 2. The van der Waals surface area contributed by atoms with Crippen LogP contribution in [0.5, 0.6) is 5.75 Å². The summed E-state index contributed by atoms with van der Waals surface area (Å²) in [4.78, 5) is 19.1. The SMILES string of the molecule is CNCCC(Cc1ccc(C)cc1)Oc1cc(Cl)ccc1Cl.O=C(O)/C=C/C(=O)O. The van der Waals surface area contributed by atoms with E-state index in [4.69, 9.17) is 38.2 Å². The predicted molar refractivity (Wildman–Crippen MR) is 119 cm³/mol. The molecule has 0 heterocycles. The second-order valence-corrected chi connectivity index (χ2v) is 7.25. The van der Waals surface area contributed by atoms with Gasteiger partial charge in [-0.15, -0.1) is 0 Å². The van der Waals surface area contributed by atoms with Crippen LogP contribution in [0.4, 0.5) is 0 Å². The third-order valence-corrected chi connectivity index (χ3v) is 4.40. The maximum Gasteiger partial charge on any atom is 0.328 e. The van der Waals surface area contributed by atoms with Crippen molar-refractivity contribution >= 4 is 35.1 Å². The molecule has 8 heteroatoms. The molecule has 0 aromatic heterocycles. The number of hydrogen-bond acceptors (Lipinski definition) is 4. The van der Waals surface area contributed by atoms with Crippen molar-refractivity contribution in [3.8, 4) is 5.75 Å². The van der Waals surface area contributed by atoms with E-state index in [1.165, 1.54) is 11.1 Å². The number of aryl methyl sites for hydroxylation is 1. The van der Waals surface area contributed by atoms with Gasteiger partial charge in [-0.2, -0.15) is 0 Å². The third kappa shape index (κ3) is 10.9. The molecule has 30 heavy (non-hydrogen) atoms. The van der Waals surface area contributed by atoms with Crippen LogP contribution in [0, 0.1) is 6.92 Å². The van der Waals surface area contributed by atoms with Crippen molar-refractivity contribution in [3.63, 3.8) is 0 Å². The number of nitrogens with one attached hydrogen (secondary N) is 1. The zero-order chi connectivity index (χ0) is 22.5. The van der Waals surface area contributed by atoms with E-state index < -0.39 is 11.9 Å². The number of carboxylic acids is 2. The Morgan fingerprint density at radius 3 is 2.20 bits per heavy atom. The van der Waals surface area contributed by atoms with E-state index in [1.807, 2.05) is 7.05 Å². The molecule has 0 saturated heterocycles. The van der Waals surface area contributed by atoms with Crippen LogP contribution >= 0.6 is 23.2 Å². The fourth-order valence-electron chi connectivity index (χ4n) is 2.38. The molecule has 2 aromatic rings. The van der Waals surface area contributed by atoms with Gasteiger partial charge in [-0.1, -0.05) is 53.0 Å². The van der Waals surface area contributed by atoms with E-state index in [1.54, 1.807) is 18.2 Å². The summed E-state index contributed by atoms with van der Waals surface area (Å²) in [7, 11) is 1.94. The summed E-state index contributed by atoms with van der Waals surface area (Å²) in [5.41, 5.74) is 2.51. The van der Waals surface area contributed by atoms with E-state index >= 15 is 0 Å². The van der Waals surface area contributed by atoms with Gasteiger partial charge in [0.25, 0.3) is 0 Å². The smallest absolute Gasteiger partial charge is 0.328 e. The van der Waals surface area contributed by atoms with Crippen LogP contribution in [0.2, 0.25) is 10.0 Å². The van der Waals surface area contributed by atoms with E-state index in [0.29, 0.717) is 27.9 Å². The van der Waals surface area contributed by atoms with Crippen molar-refractivity contribution in [2.24, 2.45) is 0 Å². The molecular weight excluding hydrogens is 429 g/mol. The average Bonchev–Trinajstić information content (AvgIpc) is 2.69. The van der Waals surface area contributed by atoms with Gasteiger partial charge in [0.1, 0.15) is 11.9 Å². The number of benzene rings is 2. The van der Waals surface area contributed by atoms with Gasteiger partial charge < -0.3 is 20.3 Å². The van der Waals surface area contributed by atoms with Gasteiger partial charge in [-0.05, 0) is 44.6 Å². The maximum absolute atomic E-state index is 9.55. The van der Waals surface area contributed by atoms with Crippen molar-refractivity contribution in [2.75, 3.05) is 13.6 Å². The highest BCUT2D eigenvalue weighted by Crippen LogP contribution is 2.29. The van der Waals surface area contributed by atoms with Gasteiger partial charge >= 0.3 is 11.9 Å². The number of hydrogen-bond donors (Lipinski definition) is 3. The molecule has 162 valence electrons. The van der Waals surface area contributed by atoms with Gasteiger partial charge in [0.2, 0.25) is 0 Å². The molecule has 1 atom stereocenters. The molecule has 0 bridgehead atoms. The Bertz CT molecular complexity index is 837. The van der Waals surface area contributed by atoms with Crippen LogP contribution in [0.1, 0.15) is 17.5 Å². The van der Waals surface area contributed by atoms with Crippen molar-refractivity contribution in [2.45, 2.75) is 25.9 Å². The van der Waals surface area contributed by atoms with E-state index in [-0.39, 0.29) is 6.10 Å². The minimum atomic E-state index is -1.26. The lowest BCUT2D eigenvalue weighted by Gasteiger charge is -2.20. The van der Waals surface area contributed by atoms with E-state index in [2.05, 4.69) is 36.5 Å². The number of aliphatic carboxylic acids is 2. The van der Waals surface area contributed by atoms with Crippen molar-refractivity contribution < 1.29 is 24.5 Å². The van der Waals surface area contributed by atoms with E-state index in [0.717, 1.165) is 19.4 Å². The fraction of sp³-hybridized carbons (Fsp3) is 0.273. The van der Waals surface area contributed by atoms with Crippen molar-refractivity contribution in [3.05, 3.63) is 75.8 Å². The summed E-state index contributed by atoms with van der Waals surface area (Å²) in [5, 5.41) is 20.0. The van der Waals surface area contributed by atoms with Crippen LogP contribution in [-0.4, -0.2) is 41.8 Å². The Morgan fingerprint density at radius 1 is 1.07 bits per heavy atom. The quantitative estimate of drug-likeness (QED) is 0.479. The first-order chi connectivity index (χ1) is 14.2. The Balaban J connectivity index is 0.000000479. The fourth-order valence-corrected chi connectivity index (χ4v) is 2.71. The molecule has 0 radical (unpaired) electrons. The van der Waals surface area contributed by atoms with Crippen molar-refractivity contribution in [1.82, 2.24) is 5.32 Å². The Hall–Kier alpha value is -2.54. The number of ether oxygens (including phenoxy) is 1. The molecule has 0 aliphatic carbocycles.